The number of carbonyl (C=O) groups is 2. The van der Waals surface area contributed by atoms with Gasteiger partial charge in [0.1, 0.15) is 23.6 Å². The maximum absolute atomic E-state index is 13.9. The first-order valence-corrected chi connectivity index (χ1v) is 16.0. The number of carbonyl (C=O) groups excluding carboxylic acids is 2. The van der Waals surface area contributed by atoms with E-state index in [4.69, 9.17) is 9.98 Å². The normalized spacial score (nSPS) is 13.8. The molecule has 6 nitrogen and oxygen atoms in total. The Morgan fingerprint density at radius 3 is 1.10 bits per heavy atom. The number of aliphatic imine (C=N–C) groups is 2. The smallest absolute Gasteiger partial charge is 0.198 e. The Morgan fingerprint density at radius 2 is 0.837 bits per heavy atom. The van der Waals surface area contributed by atoms with E-state index in [1.807, 2.05) is 126 Å². The third kappa shape index (κ3) is 9.19. The van der Waals surface area contributed by atoms with Crippen molar-refractivity contribution in [2.45, 2.75) is 67.5 Å². The molecule has 0 bridgehead atoms. The second-order valence-electron chi connectivity index (χ2n) is 12.5. The van der Waals surface area contributed by atoms with Crippen LogP contribution in [0.2, 0.25) is 0 Å². The molecular formula is C42H44CoN2O4. The summed E-state index contributed by atoms with van der Waals surface area (Å²) < 4.78 is 0. The molecule has 0 aromatic heterocycles. The van der Waals surface area contributed by atoms with Crippen molar-refractivity contribution in [3.05, 3.63) is 163 Å². The van der Waals surface area contributed by atoms with Gasteiger partial charge in [-0.05, 0) is 88.8 Å². The van der Waals surface area contributed by atoms with Crippen molar-refractivity contribution in [2.24, 2.45) is 9.98 Å². The summed E-state index contributed by atoms with van der Waals surface area (Å²) in [5, 5.41) is 21.5. The summed E-state index contributed by atoms with van der Waals surface area (Å²) in [6.07, 6.45) is 2.86. The quantitative estimate of drug-likeness (QED) is 0.0705. The van der Waals surface area contributed by atoms with Crippen LogP contribution in [-0.2, 0) is 16.8 Å². The van der Waals surface area contributed by atoms with Crippen LogP contribution < -0.4 is 0 Å². The average molecular weight is 700 g/mol. The summed E-state index contributed by atoms with van der Waals surface area (Å²) in [5.41, 5.74) is 8.20. The van der Waals surface area contributed by atoms with Gasteiger partial charge in [-0.15, -0.1) is 0 Å². The molecule has 0 heterocycles. The van der Waals surface area contributed by atoms with Crippen LogP contribution >= 0.6 is 0 Å². The zero-order valence-electron chi connectivity index (χ0n) is 29.3. The molecule has 7 heteroatoms. The first-order chi connectivity index (χ1) is 22.8. The molecule has 0 aliphatic rings. The average Bonchev–Trinajstić information content (AvgIpc) is 3.01. The van der Waals surface area contributed by atoms with E-state index in [1.165, 1.54) is 26.3 Å². The molecule has 2 atom stereocenters. The summed E-state index contributed by atoms with van der Waals surface area (Å²) in [6.45, 7) is 14.5. The molecule has 2 N–H and O–H groups in total. The Labute approximate surface area is 300 Å². The minimum atomic E-state index is -0.662. The second kappa shape index (κ2) is 17.0. The summed E-state index contributed by atoms with van der Waals surface area (Å²) in [7, 11) is 0. The van der Waals surface area contributed by atoms with Gasteiger partial charge in [0.05, 0.1) is 11.1 Å². The minimum Gasteiger partial charge on any atom is -0.512 e. The van der Waals surface area contributed by atoms with E-state index in [-0.39, 0.29) is 51.0 Å². The van der Waals surface area contributed by atoms with Crippen molar-refractivity contribution >= 4 is 24.0 Å². The molecule has 49 heavy (non-hydrogen) atoms. The van der Waals surface area contributed by atoms with E-state index in [2.05, 4.69) is 0 Å². The van der Waals surface area contributed by atoms with Gasteiger partial charge in [0.15, 0.2) is 11.6 Å². The Morgan fingerprint density at radius 1 is 0.551 bits per heavy atom. The number of aliphatic hydroxyl groups is 2. The number of aryl methyl sites for hydroxylation is 6. The van der Waals surface area contributed by atoms with Gasteiger partial charge in [-0.3, -0.25) is 19.6 Å². The van der Waals surface area contributed by atoms with Crippen LogP contribution in [0.4, 0.5) is 0 Å². The molecule has 0 saturated carbocycles. The molecule has 0 fully saturated rings. The number of hydrogen-bond donors (Lipinski definition) is 2. The number of hydrogen-bond acceptors (Lipinski definition) is 6. The molecule has 1 unspecified atom stereocenters. The summed E-state index contributed by atoms with van der Waals surface area (Å²) in [5.74, 6) is -0.942. The number of aliphatic hydroxyl groups excluding tert-OH is 2. The number of rotatable bonds is 11. The molecule has 0 amide bonds. The number of Topliss-reactive ketones (excluding diaryl/α,β-unsaturated/α-hetero) is 2. The van der Waals surface area contributed by atoms with Gasteiger partial charge in [-0.25, -0.2) is 0 Å². The van der Waals surface area contributed by atoms with E-state index in [0.717, 1.165) is 44.5 Å². The summed E-state index contributed by atoms with van der Waals surface area (Å²) in [4.78, 5) is 37.7. The molecule has 0 spiro atoms. The van der Waals surface area contributed by atoms with Crippen molar-refractivity contribution in [3.8, 4) is 0 Å². The van der Waals surface area contributed by atoms with Gasteiger partial charge in [0.2, 0.25) is 0 Å². The Hall–Kier alpha value is -4.85. The van der Waals surface area contributed by atoms with E-state index in [0.29, 0.717) is 11.1 Å². The largest absolute Gasteiger partial charge is 0.512 e. The van der Waals surface area contributed by atoms with Gasteiger partial charge in [0.25, 0.3) is 0 Å². The van der Waals surface area contributed by atoms with Crippen LogP contribution in [0.3, 0.4) is 0 Å². The SMILES string of the molecule is C/C(O)=C(/C=NC(c1ccccc1)[C@@H](N=C/C(C(=O)c1c(C)cc(C)cc1C)=C(/C)O)c1ccccc1)C(=O)c1c(C)cc(C)cc1C.[Co]. The first kappa shape index (κ1) is 38.6. The number of benzene rings is 4. The Balaban J connectivity index is 0.00000650. The second-order valence-corrected chi connectivity index (χ2v) is 12.5. The van der Waals surface area contributed by atoms with E-state index < -0.39 is 12.1 Å². The van der Waals surface area contributed by atoms with Crippen LogP contribution in [0.15, 0.2) is 118 Å². The maximum Gasteiger partial charge on any atom is 0.198 e. The van der Waals surface area contributed by atoms with Gasteiger partial charge in [-0.1, -0.05) is 96.1 Å². The molecule has 0 aliphatic heterocycles. The molecule has 0 aliphatic carbocycles. The predicted molar refractivity (Wildman–Crippen MR) is 196 cm³/mol. The summed E-state index contributed by atoms with van der Waals surface area (Å²) >= 11 is 0. The van der Waals surface area contributed by atoms with E-state index in [9.17, 15) is 19.8 Å². The number of allylic oxidation sites excluding steroid dienone is 4. The number of nitrogens with zero attached hydrogens (tertiary/aromatic N) is 2. The van der Waals surface area contributed by atoms with Crippen LogP contribution in [0.1, 0.15) is 91.2 Å². The fraction of sp³-hybridized carbons (Fsp3) is 0.238. The summed E-state index contributed by atoms with van der Waals surface area (Å²) in [6, 6.07) is 25.6. The zero-order chi connectivity index (χ0) is 35.1. The van der Waals surface area contributed by atoms with Crippen molar-refractivity contribution in [3.63, 3.8) is 0 Å². The van der Waals surface area contributed by atoms with Gasteiger partial charge in [0, 0.05) is 40.3 Å². The van der Waals surface area contributed by atoms with Crippen LogP contribution in [0, 0.1) is 41.5 Å². The molecule has 255 valence electrons. The minimum absolute atomic E-state index is 0. The predicted octanol–water partition coefficient (Wildman–Crippen LogP) is 9.89. The molecular weight excluding hydrogens is 655 g/mol. The van der Waals surface area contributed by atoms with Gasteiger partial charge >= 0.3 is 0 Å². The van der Waals surface area contributed by atoms with Crippen molar-refractivity contribution < 1.29 is 36.6 Å². The van der Waals surface area contributed by atoms with Crippen LogP contribution in [-0.4, -0.2) is 34.2 Å². The third-order valence-corrected chi connectivity index (χ3v) is 8.39. The molecule has 4 aromatic rings. The standard InChI is InChI=1S/C42H44N2O4.Co/c1-25-19-27(3)37(28(4)20-25)41(47)35(31(7)45)23-43-39(33-15-11-9-12-16-33)40(34-17-13-10-14-18-34)44-24-36(32(8)46)42(48)38-29(5)21-26(2)22-30(38)6;/h9-24,39-40,45-46H,1-8H3;/b35-31+,36-32+,43-23?,44-24?;/t39-,40?;/m0./s1. The molecule has 0 saturated heterocycles. The maximum atomic E-state index is 13.9. The molecule has 1 radical (unpaired) electrons. The zero-order valence-corrected chi connectivity index (χ0v) is 30.4. The topological polar surface area (TPSA) is 99.3 Å². The molecule has 4 aromatic carbocycles. The Bertz CT molecular complexity index is 1760. The first-order valence-electron chi connectivity index (χ1n) is 16.0. The Kier molecular flexibility index (Phi) is 13.4. The van der Waals surface area contributed by atoms with Crippen molar-refractivity contribution in [1.82, 2.24) is 0 Å². The van der Waals surface area contributed by atoms with Crippen LogP contribution in [0.5, 0.6) is 0 Å². The monoisotopic (exact) mass is 699 g/mol. The fourth-order valence-electron chi connectivity index (χ4n) is 6.29. The molecule has 4 rings (SSSR count). The number of ketones is 2. The van der Waals surface area contributed by atoms with E-state index in [1.54, 1.807) is 0 Å². The van der Waals surface area contributed by atoms with Crippen molar-refractivity contribution in [2.75, 3.05) is 0 Å². The van der Waals surface area contributed by atoms with Crippen molar-refractivity contribution in [1.29, 1.82) is 0 Å². The third-order valence-electron chi connectivity index (χ3n) is 8.39. The van der Waals surface area contributed by atoms with Crippen LogP contribution in [0.25, 0.3) is 0 Å². The van der Waals surface area contributed by atoms with Gasteiger partial charge < -0.3 is 10.2 Å². The fourth-order valence-corrected chi connectivity index (χ4v) is 6.29. The van der Waals surface area contributed by atoms with Gasteiger partial charge in [-0.2, -0.15) is 0 Å². The van der Waals surface area contributed by atoms with E-state index >= 15 is 0 Å².